The number of hydrogen-bond donors (Lipinski definition) is 1. The normalized spacial score (nSPS) is 19.8. The fraction of sp³-hybridized carbons (Fsp3) is 0.353. The maximum absolute atomic E-state index is 5.87. The Kier molecular flexibility index (Phi) is 3.70. The maximum atomic E-state index is 5.87. The largest absolute Gasteiger partial charge is 0.368 e. The van der Waals surface area contributed by atoms with E-state index in [9.17, 15) is 0 Å². The van der Waals surface area contributed by atoms with Gasteiger partial charge >= 0.3 is 0 Å². The molecule has 4 nitrogen and oxygen atoms in total. The molecule has 1 aromatic carbocycles. The number of benzene rings is 1. The lowest BCUT2D eigenvalue weighted by molar-refractivity contribution is -0.0365. The lowest BCUT2D eigenvalue weighted by atomic mass is 10.2. The molecule has 2 aromatic heterocycles. The van der Waals surface area contributed by atoms with E-state index in [1.807, 2.05) is 24.5 Å². The Morgan fingerprint density at radius 1 is 1.41 bits per heavy atom. The van der Waals surface area contributed by atoms with Gasteiger partial charge in [-0.2, -0.15) is 0 Å². The molecule has 0 amide bonds. The first-order valence-electron chi connectivity index (χ1n) is 7.61. The minimum Gasteiger partial charge on any atom is -0.368 e. The van der Waals surface area contributed by atoms with Gasteiger partial charge in [0.05, 0.1) is 6.61 Å². The Bertz CT molecular complexity index is 746. The van der Waals surface area contributed by atoms with Gasteiger partial charge in [-0.05, 0) is 24.4 Å². The van der Waals surface area contributed by atoms with E-state index in [1.165, 1.54) is 15.0 Å². The molecule has 114 valence electrons. The number of ether oxygens (including phenoxy) is 1. The Balaban J connectivity index is 1.48. The van der Waals surface area contributed by atoms with Crippen LogP contribution in [0, 0.1) is 6.92 Å². The van der Waals surface area contributed by atoms with E-state index < -0.39 is 0 Å². The summed E-state index contributed by atoms with van der Waals surface area (Å²) in [5.74, 6) is 0.943. The van der Waals surface area contributed by atoms with Gasteiger partial charge in [-0.1, -0.05) is 18.2 Å². The minimum absolute atomic E-state index is 0.0526. The molecule has 0 saturated carbocycles. The van der Waals surface area contributed by atoms with Crippen LogP contribution in [0.1, 0.15) is 22.5 Å². The second kappa shape index (κ2) is 5.83. The molecule has 0 radical (unpaired) electrons. The number of nitrogens with zero attached hydrogens (tertiary/aromatic N) is 2. The number of H-pyrrole nitrogens is 1. The van der Waals surface area contributed by atoms with Crippen LogP contribution < -0.4 is 0 Å². The molecule has 3 heterocycles. The zero-order chi connectivity index (χ0) is 14.9. The van der Waals surface area contributed by atoms with Crippen LogP contribution in [0.5, 0.6) is 0 Å². The minimum atomic E-state index is 0.0526. The third-order valence-corrected chi connectivity index (χ3v) is 5.13. The number of aryl methyl sites for hydroxylation is 1. The number of morpholine rings is 1. The van der Waals surface area contributed by atoms with Crippen LogP contribution >= 0.6 is 11.3 Å². The van der Waals surface area contributed by atoms with Gasteiger partial charge in [0.2, 0.25) is 0 Å². The number of fused-ring (bicyclic) bond motifs is 1. The fourth-order valence-corrected chi connectivity index (χ4v) is 4.05. The highest BCUT2D eigenvalue weighted by molar-refractivity contribution is 7.19. The summed E-state index contributed by atoms with van der Waals surface area (Å²) >= 11 is 1.89. The monoisotopic (exact) mass is 313 g/mol. The van der Waals surface area contributed by atoms with E-state index in [1.54, 1.807) is 0 Å². The van der Waals surface area contributed by atoms with Crippen LogP contribution in [-0.4, -0.2) is 34.6 Å². The third-order valence-electron chi connectivity index (χ3n) is 4.03. The first-order chi connectivity index (χ1) is 10.8. The summed E-state index contributed by atoms with van der Waals surface area (Å²) in [5, 5.41) is 1.34. The lowest BCUT2D eigenvalue weighted by Crippen LogP contribution is -2.38. The highest BCUT2D eigenvalue weighted by Gasteiger charge is 2.24. The molecule has 0 bridgehead atoms. The van der Waals surface area contributed by atoms with Crippen molar-refractivity contribution in [2.24, 2.45) is 0 Å². The molecule has 1 saturated heterocycles. The highest BCUT2D eigenvalue weighted by Crippen LogP contribution is 2.28. The first-order valence-corrected chi connectivity index (χ1v) is 8.42. The quantitative estimate of drug-likeness (QED) is 0.804. The van der Waals surface area contributed by atoms with Gasteiger partial charge in [-0.15, -0.1) is 11.3 Å². The molecule has 1 aliphatic heterocycles. The van der Waals surface area contributed by atoms with Crippen LogP contribution in [0.4, 0.5) is 0 Å². The van der Waals surface area contributed by atoms with E-state index in [0.29, 0.717) is 0 Å². The lowest BCUT2D eigenvalue weighted by Gasteiger charge is -2.31. The van der Waals surface area contributed by atoms with E-state index in [-0.39, 0.29) is 6.10 Å². The van der Waals surface area contributed by atoms with Gasteiger partial charge in [0, 0.05) is 41.1 Å². The van der Waals surface area contributed by atoms with Gasteiger partial charge in [0.25, 0.3) is 0 Å². The summed E-state index contributed by atoms with van der Waals surface area (Å²) in [5.41, 5.74) is 1.08. The molecule has 1 atom stereocenters. The third kappa shape index (κ3) is 2.79. The van der Waals surface area contributed by atoms with Crippen LogP contribution in [0.15, 0.2) is 36.5 Å². The van der Waals surface area contributed by atoms with Crippen molar-refractivity contribution >= 4 is 21.4 Å². The van der Waals surface area contributed by atoms with E-state index in [2.05, 4.69) is 45.2 Å². The van der Waals surface area contributed by atoms with Gasteiger partial charge in [0.1, 0.15) is 11.9 Å². The van der Waals surface area contributed by atoms with Crippen molar-refractivity contribution in [2.45, 2.75) is 19.6 Å². The zero-order valence-electron chi connectivity index (χ0n) is 12.6. The molecular formula is C17H19N3OS. The van der Waals surface area contributed by atoms with Gasteiger partial charge < -0.3 is 9.72 Å². The number of hydrogen-bond acceptors (Lipinski definition) is 4. The number of thiophene rings is 1. The zero-order valence-corrected chi connectivity index (χ0v) is 13.4. The van der Waals surface area contributed by atoms with Crippen molar-refractivity contribution in [3.8, 4) is 0 Å². The van der Waals surface area contributed by atoms with Crippen LogP contribution in [0.3, 0.4) is 0 Å². The van der Waals surface area contributed by atoms with E-state index in [0.717, 1.165) is 37.8 Å². The Hall–Kier alpha value is -1.69. The Morgan fingerprint density at radius 2 is 2.32 bits per heavy atom. The molecule has 0 spiro atoms. The van der Waals surface area contributed by atoms with Crippen molar-refractivity contribution in [2.75, 3.05) is 19.7 Å². The molecular weight excluding hydrogens is 294 g/mol. The summed E-state index contributed by atoms with van der Waals surface area (Å²) in [4.78, 5) is 11.6. The van der Waals surface area contributed by atoms with Crippen molar-refractivity contribution in [1.82, 2.24) is 14.9 Å². The van der Waals surface area contributed by atoms with E-state index in [4.69, 9.17) is 4.74 Å². The van der Waals surface area contributed by atoms with Crippen molar-refractivity contribution < 1.29 is 4.74 Å². The van der Waals surface area contributed by atoms with Crippen molar-refractivity contribution in [3.63, 3.8) is 0 Å². The molecule has 4 rings (SSSR count). The molecule has 1 N–H and O–H groups in total. The fourth-order valence-electron chi connectivity index (χ4n) is 2.94. The molecule has 0 aliphatic carbocycles. The molecule has 22 heavy (non-hydrogen) atoms. The predicted molar refractivity (Wildman–Crippen MR) is 89.1 cm³/mol. The second-order valence-electron chi connectivity index (χ2n) is 5.80. The summed E-state index contributed by atoms with van der Waals surface area (Å²) in [6.45, 7) is 5.63. The highest BCUT2D eigenvalue weighted by atomic mass is 32.1. The predicted octanol–water partition coefficient (Wildman–Crippen LogP) is 3.51. The SMILES string of the molecule is Cc1cnc([C@H]2CN(Cc3cc4ccccc4s3)CCO2)[nH]1. The standard InChI is InChI=1S/C17H19N3OS/c1-12-9-18-17(19-12)15-11-20(6-7-21-15)10-14-8-13-4-2-3-5-16(13)22-14/h2-5,8-9,15H,6-7,10-11H2,1H3,(H,18,19)/t15-/m1/s1. The van der Waals surface area contributed by atoms with Crippen LogP contribution in [-0.2, 0) is 11.3 Å². The average molecular weight is 313 g/mol. The van der Waals surface area contributed by atoms with Gasteiger partial charge in [-0.3, -0.25) is 4.90 Å². The number of aromatic amines is 1. The molecule has 1 aliphatic rings. The van der Waals surface area contributed by atoms with E-state index >= 15 is 0 Å². The second-order valence-corrected chi connectivity index (χ2v) is 6.96. The van der Waals surface area contributed by atoms with Crippen LogP contribution in [0.25, 0.3) is 10.1 Å². The number of rotatable bonds is 3. The molecule has 3 aromatic rings. The van der Waals surface area contributed by atoms with Gasteiger partial charge in [-0.25, -0.2) is 4.98 Å². The Morgan fingerprint density at radius 3 is 3.14 bits per heavy atom. The molecule has 1 fully saturated rings. The number of aromatic nitrogens is 2. The summed E-state index contributed by atoms with van der Waals surface area (Å²) < 4.78 is 7.24. The van der Waals surface area contributed by atoms with Crippen LogP contribution in [0.2, 0.25) is 0 Å². The maximum Gasteiger partial charge on any atom is 0.136 e. The summed E-state index contributed by atoms with van der Waals surface area (Å²) in [7, 11) is 0. The van der Waals surface area contributed by atoms with Crippen molar-refractivity contribution in [1.29, 1.82) is 0 Å². The molecule has 5 heteroatoms. The average Bonchev–Trinajstić information content (AvgIpc) is 3.13. The van der Waals surface area contributed by atoms with Crippen molar-refractivity contribution in [3.05, 3.63) is 52.9 Å². The summed E-state index contributed by atoms with van der Waals surface area (Å²) in [6.07, 6.45) is 1.92. The van der Waals surface area contributed by atoms with Gasteiger partial charge in [0.15, 0.2) is 0 Å². The first kappa shape index (κ1) is 13.9. The Labute approximate surface area is 133 Å². The summed E-state index contributed by atoms with van der Waals surface area (Å²) in [6, 6.07) is 10.9. The smallest absolute Gasteiger partial charge is 0.136 e. The number of nitrogens with one attached hydrogen (secondary N) is 1. The topological polar surface area (TPSA) is 41.2 Å². The number of imidazole rings is 1. The molecule has 0 unspecified atom stereocenters.